The summed E-state index contributed by atoms with van der Waals surface area (Å²) in [6.07, 6.45) is 1.67. The van der Waals surface area contributed by atoms with Crippen molar-refractivity contribution < 1.29 is 9.21 Å². The van der Waals surface area contributed by atoms with Crippen molar-refractivity contribution in [2.24, 2.45) is 0 Å². The highest BCUT2D eigenvalue weighted by Gasteiger charge is 2.11. The lowest BCUT2D eigenvalue weighted by atomic mass is 10.1. The normalized spacial score (nSPS) is 10.6. The molecule has 0 aliphatic heterocycles. The number of nitrogens with one attached hydrogen (secondary N) is 2. The number of aryl methyl sites for hydroxylation is 1. The molecule has 28 heavy (non-hydrogen) atoms. The molecule has 4 aromatic rings. The minimum atomic E-state index is -0.262. The third kappa shape index (κ3) is 3.89. The summed E-state index contributed by atoms with van der Waals surface area (Å²) in [4.78, 5) is 20.9. The summed E-state index contributed by atoms with van der Waals surface area (Å²) in [7, 11) is 0. The molecule has 2 heterocycles. The molecule has 0 saturated heterocycles. The maximum Gasteiger partial charge on any atom is 0.257 e. The third-order valence-electron chi connectivity index (χ3n) is 4.04. The fourth-order valence-corrected chi connectivity index (χ4v) is 2.96. The van der Waals surface area contributed by atoms with Gasteiger partial charge in [0.15, 0.2) is 16.3 Å². The van der Waals surface area contributed by atoms with Gasteiger partial charge < -0.3 is 9.73 Å². The number of pyridine rings is 1. The minimum absolute atomic E-state index is 0.211. The average Bonchev–Trinajstić information content (AvgIpc) is 3.12. The lowest BCUT2D eigenvalue weighted by Gasteiger charge is -2.10. The van der Waals surface area contributed by atoms with Gasteiger partial charge in [-0.2, -0.15) is 4.98 Å². The third-order valence-corrected chi connectivity index (χ3v) is 4.24. The van der Waals surface area contributed by atoms with E-state index in [0.29, 0.717) is 28.4 Å². The lowest BCUT2D eigenvalue weighted by molar-refractivity contribution is 0.0977. The van der Waals surface area contributed by atoms with Crippen molar-refractivity contribution in [2.75, 3.05) is 5.32 Å². The molecule has 7 heteroatoms. The van der Waals surface area contributed by atoms with E-state index in [9.17, 15) is 4.79 Å². The molecule has 0 aliphatic carbocycles. The number of aromatic nitrogens is 2. The number of carbonyl (C=O) groups excluding carboxylic acids is 1. The number of benzene rings is 2. The molecule has 0 radical (unpaired) electrons. The van der Waals surface area contributed by atoms with Crippen LogP contribution in [0.4, 0.5) is 5.69 Å². The fraction of sp³-hybridized carbons (Fsp3) is 0.0476. The van der Waals surface area contributed by atoms with Gasteiger partial charge in [0, 0.05) is 23.0 Å². The Kier molecular flexibility index (Phi) is 4.82. The number of fused-ring (bicyclic) bond motifs is 1. The maximum atomic E-state index is 12.3. The second-order valence-electron chi connectivity index (χ2n) is 6.20. The van der Waals surface area contributed by atoms with Crippen LogP contribution in [0, 0.1) is 6.92 Å². The summed E-state index contributed by atoms with van der Waals surface area (Å²) in [5, 5.41) is 5.91. The van der Waals surface area contributed by atoms with E-state index in [0.717, 1.165) is 11.1 Å². The summed E-state index contributed by atoms with van der Waals surface area (Å²) >= 11 is 5.27. The molecule has 2 aromatic carbocycles. The van der Waals surface area contributed by atoms with Gasteiger partial charge >= 0.3 is 0 Å². The van der Waals surface area contributed by atoms with Gasteiger partial charge in [0.25, 0.3) is 5.91 Å². The number of oxazole rings is 1. The molecule has 2 N–H and O–H groups in total. The lowest BCUT2D eigenvalue weighted by Crippen LogP contribution is -2.34. The second-order valence-corrected chi connectivity index (χ2v) is 6.61. The van der Waals surface area contributed by atoms with E-state index >= 15 is 0 Å². The molecule has 4 rings (SSSR count). The first-order valence-corrected chi connectivity index (χ1v) is 9.00. The summed E-state index contributed by atoms with van der Waals surface area (Å²) in [5.41, 5.74) is 4.22. The molecule has 0 aliphatic rings. The summed E-state index contributed by atoms with van der Waals surface area (Å²) in [6.45, 7) is 1.93. The molecule has 6 nitrogen and oxygen atoms in total. The Hall–Kier alpha value is -3.58. The maximum absolute atomic E-state index is 12.3. The Bertz CT molecular complexity index is 1150. The monoisotopic (exact) mass is 388 g/mol. The van der Waals surface area contributed by atoms with E-state index in [1.165, 1.54) is 0 Å². The summed E-state index contributed by atoms with van der Waals surface area (Å²) < 4.78 is 5.74. The Labute approximate surface area is 166 Å². The Balaban J connectivity index is 1.48. The van der Waals surface area contributed by atoms with Crippen LogP contribution in [-0.2, 0) is 0 Å². The predicted octanol–water partition coefficient (Wildman–Crippen LogP) is 4.33. The van der Waals surface area contributed by atoms with Crippen molar-refractivity contribution in [1.82, 2.24) is 15.3 Å². The fourth-order valence-electron chi connectivity index (χ4n) is 2.75. The van der Waals surface area contributed by atoms with Crippen molar-refractivity contribution in [3.05, 3.63) is 78.0 Å². The van der Waals surface area contributed by atoms with Crippen LogP contribution in [0.1, 0.15) is 15.9 Å². The molecule has 0 atom stereocenters. The van der Waals surface area contributed by atoms with E-state index in [-0.39, 0.29) is 11.0 Å². The number of anilines is 1. The van der Waals surface area contributed by atoms with Crippen molar-refractivity contribution >= 4 is 40.2 Å². The topological polar surface area (TPSA) is 80.0 Å². The number of amides is 1. The van der Waals surface area contributed by atoms with Crippen LogP contribution < -0.4 is 10.6 Å². The average molecular weight is 388 g/mol. The highest BCUT2D eigenvalue weighted by Crippen LogP contribution is 2.25. The van der Waals surface area contributed by atoms with Crippen molar-refractivity contribution in [3.8, 4) is 11.5 Å². The Morgan fingerprint density at radius 3 is 2.75 bits per heavy atom. The first-order valence-electron chi connectivity index (χ1n) is 8.59. The molecule has 0 unspecified atom stereocenters. The zero-order chi connectivity index (χ0) is 19.5. The van der Waals surface area contributed by atoms with E-state index in [4.69, 9.17) is 16.6 Å². The molecule has 0 fully saturated rings. The highest BCUT2D eigenvalue weighted by molar-refractivity contribution is 7.80. The van der Waals surface area contributed by atoms with Crippen LogP contribution in [0.15, 0.2) is 71.3 Å². The Morgan fingerprint density at radius 2 is 1.93 bits per heavy atom. The first kappa shape index (κ1) is 17.8. The van der Waals surface area contributed by atoms with Gasteiger partial charge in [-0.25, -0.2) is 4.98 Å². The zero-order valence-corrected chi connectivity index (χ0v) is 15.8. The SMILES string of the molecule is Cc1cccc(C(=O)NC(=S)Nc2cccc(-c3nc4ncccc4o3)c2)c1. The number of nitrogens with zero attached hydrogens (tertiary/aromatic N) is 2. The quantitative estimate of drug-likeness (QED) is 0.509. The molecular formula is C21H16N4O2S. The van der Waals surface area contributed by atoms with Gasteiger partial charge in [0.05, 0.1) is 0 Å². The summed E-state index contributed by atoms with van der Waals surface area (Å²) in [5.74, 6) is 0.203. The van der Waals surface area contributed by atoms with Crippen LogP contribution in [0.2, 0.25) is 0 Å². The molecule has 0 saturated carbocycles. The predicted molar refractivity (Wildman–Crippen MR) is 112 cm³/mol. The standard InChI is InChI=1S/C21H16N4O2S/c1-13-5-2-6-14(11-13)19(26)25-21(28)23-16-8-3-7-15(12-16)20-24-18-17(27-20)9-4-10-22-18/h2-12H,1H3,(H2,23,25,26,28). The molecule has 1 amide bonds. The first-order chi connectivity index (χ1) is 13.6. The smallest absolute Gasteiger partial charge is 0.257 e. The van der Waals surface area contributed by atoms with Crippen LogP contribution in [-0.4, -0.2) is 21.0 Å². The number of thiocarbonyl (C=S) groups is 1. The van der Waals surface area contributed by atoms with Gasteiger partial charge in [-0.3, -0.25) is 10.1 Å². The van der Waals surface area contributed by atoms with Gasteiger partial charge in [0.2, 0.25) is 5.89 Å². The van der Waals surface area contributed by atoms with Crippen LogP contribution in [0.3, 0.4) is 0 Å². The van der Waals surface area contributed by atoms with E-state index < -0.39 is 0 Å². The molecule has 2 aromatic heterocycles. The molecule has 0 bridgehead atoms. The van der Waals surface area contributed by atoms with Crippen molar-refractivity contribution in [1.29, 1.82) is 0 Å². The van der Waals surface area contributed by atoms with E-state index in [2.05, 4.69) is 20.6 Å². The minimum Gasteiger partial charge on any atom is -0.434 e. The van der Waals surface area contributed by atoms with E-state index in [1.807, 2.05) is 49.4 Å². The van der Waals surface area contributed by atoms with Gasteiger partial charge in [-0.15, -0.1) is 0 Å². The molecule has 0 spiro atoms. The van der Waals surface area contributed by atoms with Crippen molar-refractivity contribution in [2.45, 2.75) is 6.92 Å². The van der Waals surface area contributed by atoms with Crippen LogP contribution in [0.25, 0.3) is 22.7 Å². The number of rotatable bonds is 3. The summed E-state index contributed by atoms with van der Waals surface area (Å²) in [6, 6.07) is 18.3. The van der Waals surface area contributed by atoms with Crippen LogP contribution in [0.5, 0.6) is 0 Å². The number of hydrogen-bond acceptors (Lipinski definition) is 5. The van der Waals surface area contributed by atoms with Gasteiger partial charge in [-0.1, -0.05) is 23.8 Å². The highest BCUT2D eigenvalue weighted by atomic mass is 32.1. The number of hydrogen-bond donors (Lipinski definition) is 2. The van der Waals surface area contributed by atoms with Crippen molar-refractivity contribution in [3.63, 3.8) is 0 Å². The second kappa shape index (κ2) is 7.58. The van der Waals surface area contributed by atoms with Crippen LogP contribution >= 0.6 is 12.2 Å². The number of carbonyl (C=O) groups is 1. The van der Waals surface area contributed by atoms with E-state index in [1.54, 1.807) is 24.4 Å². The largest absolute Gasteiger partial charge is 0.434 e. The van der Waals surface area contributed by atoms with Gasteiger partial charge in [-0.05, 0) is 61.6 Å². The zero-order valence-electron chi connectivity index (χ0n) is 15.0. The van der Waals surface area contributed by atoms with Gasteiger partial charge in [0.1, 0.15) is 0 Å². The molecule has 138 valence electrons. The molecular weight excluding hydrogens is 372 g/mol. The Morgan fingerprint density at radius 1 is 1.07 bits per heavy atom.